The van der Waals surface area contributed by atoms with E-state index in [2.05, 4.69) is 0 Å². The molecule has 4 unspecified atom stereocenters. The molecule has 5 nitrogen and oxygen atoms in total. The number of carboxylic acids is 1. The Hall–Kier alpha value is -1.10. The molecule has 0 saturated heterocycles. The molecule has 1 rings (SSSR count). The van der Waals surface area contributed by atoms with Gasteiger partial charge in [-0.2, -0.15) is 0 Å². The molecular weight excluding hydrogens is 234 g/mol. The van der Waals surface area contributed by atoms with Gasteiger partial charge < -0.3 is 14.7 Å². The molecule has 0 spiro atoms. The van der Waals surface area contributed by atoms with Crippen molar-refractivity contribution in [3.8, 4) is 0 Å². The zero-order chi connectivity index (χ0) is 13.9. The lowest BCUT2D eigenvalue weighted by Gasteiger charge is -2.28. The second kappa shape index (κ2) is 6.18. The number of rotatable bonds is 5. The third-order valence-corrected chi connectivity index (χ3v) is 3.85. The Morgan fingerprint density at radius 1 is 1.39 bits per heavy atom. The normalized spacial score (nSPS) is 29.0. The second-order valence-electron chi connectivity index (χ2n) is 5.38. The van der Waals surface area contributed by atoms with E-state index in [-0.39, 0.29) is 17.9 Å². The van der Waals surface area contributed by atoms with Crippen molar-refractivity contribution < 1.29 is 19.4 Å². The number of methoxy groups -OCH3 is 1. The standard InChI is InChI=1S/C13H23NO4/c1-8-5-10(11(6-8)13(16)17)12(15)14(3)9(2)7-18-4/h8-11H,5-7H2,1-4H3,(H,16,17). The minimum absolute atomic E-state index is 0.0344. The van der Waals surface area contributed by atoms with E-state index in [9.17, 15) is 14.7 Å². The van der Waals surface area contributed by atoms with Crippen molar-refractivity contribution in [2.24, 2.45) is 17.8 Å². The molecule has 0 radical (unpaired) electrons. The third kappa shape index (κ3) is 3.22. The van der Waals surface area contributed by atoms with Gasteiger partial charge in [0.1, 0.15) is 0 Å². The molecule has 1 saturated carbocycles. The molecule has 0 aromatic rings. The fourth-order valence-electron chi connectivity index (χ4n) is 2.67. The van der Waals surface area contributed by atoms with Gasteiger partial charge in [-0.25, -0.2) is 0 Å². The van der Waals surface area contributed by atoms with Gasteiger partial charge in [-0.3, -0.25) is 9.59 Å². The number of nitrogens with zero attached hydrogens (tertiary/aromatic N) is 1. The first-order valence-corrected chi connectivity index (χ1v) is 6.36. The van der Waals surface area contributed by atoms with Gasteiger partial charge in [0, 0.05) is 14.2 Å². The molecule has 0 aliphatic heterocycles. The van der Waals surface area contributed by atoms with E-state index in [1.54, 1.807) is 19.1 Å². The van der Waals surface area contributed by atoms with Crippen LogP contribution in [0.5, 0.6) is 0 Å². The first kappa shape index (κ1) is 15.0. The van der Waals surface area contributed by atoms with E-state index >= 15 is 0 Å². The Bertz CT molecular complexity index is 318. The SMILES string of the molecule is COCC(C)N(C)C(=O)C1CC(C)CC1C(=O)O. The predicted octanol–water partition coefficient (Wildman–Crippen LogP) is 1.23. The summed E-state index contributed by atoms with van der Waals surface area (Å²) in [4.78, 5) is 25.1. The molecule has 0 aromatic carbocycles. The number of amides is 1. The summed E-state index contributed by atoms with van der Waals surface area (Å²) in [7, 11) is 3.31. The largest absolute Gasteiger partial charge is 0.481 e. The lowest BCUT2D eigenvalue weighted by molar-refractivity contribution is -0.149. The van der Waals surface area contributed by atoms with Gasteiger partial charge in [-0.15, -0.1) is 0 Å². The maximum atomic E-state index is 12.3. The van der Waals surface area contributed by atoms with E-state index < -0.39 is 11.9 Å². The number of carbonyl (C=O) groups is 2. The Kier molecular flexibility index (Phi) is 5.14. The van der Waals surface area contributed by atoms with Gasteiger partial charge in [-0.05, 0) is 25.7 Å². The van der Waals surface area contributed by atoms with Crippen LogP contribution in [-0.2, 0) is 14.3 Å². The van der Waals surface area contributed by atoms with Crippen molar-refractivity contribution in [3.63, 3.8) is 0 Å². The summed E-state index contributed by atoms with van der Waals surface area (Å²) in [6.07, 6.45) is 1.26. The quantitative estimate of drug-likeness (QED) is 0.804. The minimum atomic E-state index is -0.856. The lowest BCUT2D eigenvalue weighted by Crippen LogP contribution is -2.43. The molecule has 1 fully saturated rings. The number of likely N-dealkylation sites (N-methyl/N-ethyl adjacent to an activating group) is 1. The summed E-state index contributed by atoms with van der Waals surface area (Å²) in [5.41, 5.74) is 0. The summed E-state index contributed by atoms with van der Waals surface area (Å²) in [5.74, 6) is -1.56. The minimum Gasteiger partial charge on any atom is -0.481 e. The molecule has 4 atom stereocenters. The highest BCUT2D eigenvalue weighted by Crippen LogP contribution is 2.37. The zero-order valence-electron chi connectivity index (χ0n) is 11.5. The fraction of sp³-hybridized carbons (Fsp3) is 0.846. The van der Waals surface area contributed by atoms with Crippen LogP contribution in [0.4, 0.5) is 0 Å². The summed E-state index contributed by atoms with van der Waals surface area (Å²) in [6, 6.07) is -0.0344. The number of carboxylic acid groups (broad SMARTS) is 1. The zero-order valence-corrected chi connectivity index (χ0v) is 11.5. The first-order chi connectivity index (χ1) is 8.38. The van der Waals surface area contributed by atoms with Crippen molar-refractivity contribution in [1.82, 2.24) is 4.90 Å². The Balaban J connectivity index is 2.73. The van der Waals surface area contributed by atoms with Crippen molar-refractivity contribution in [2.45, 2.75) is 32.7 Å². The summed E-state index contributed by atoms with van der Waals surface area (Å²) < 4.78 is 5.02. The van der Waals surface area contributed by atoms with E-state index in [1.165, 1.54) is 0 Å². The Morgan fingerprint density at radius 3 is 2.44 bits per heavy atom. The monoisotopic (exact) mass is 257 g/mol. The highest BCUT2D eigenvalue weighted by Gasteiger charge is 2.42. The molecular formula is C13H23NO4. The number of hydrogen-bond donors (Lipinski definition) is 1. The number of carbonyl (C=O) groups excluding carboxylic acids is 1. The average Bonchev–Trinajstić information content (AvgIpc) is 2.69. The van der Waals surface area contributed by atoms with Crippen LogP contribution < -0.4 is 0 Å². The van der Waals surface area contributed by atoms with E-state index in [0.29, 0.717) is 25.4 Å². The number of aliphatic carboxylic acids is 1. The van der Waals surface area contributed by atoms with Gasteiger partial charge in [0.15, 0.2) is 0 Å². The van der Waals surface area contributed by atoms with Gasteiger partial charge in [0.05, 0.1) is 24.5 Å². The molecule has 1 amide bonds. The van der Waals surface area contributed by atoms with Crippen molar-refractivity contribution in [3.05, 3.63) is 0 Å². The fourth-order valence-corrected chi connectivity index (χ4v) is 2.67. The molecule has 104 valence electrons. The van der Waals surface area contributed by atoms with E-state index in [4.69, 9.17) is 4.74 Å². The predicted molar refractivity (Wildman–Crippen MR) is 67.1 cm³/mol. The van der Waals surface area contributed by atoms with Crippen LogP contribution in [0.25, 0.3) is 0 Å². The van der Waals surface area contributed by atoms with Crippen LogP contribution in [0.15, 0.2) is 0 Å². The summed E-state index contributed by atoms with van der Waals surface area (Å²) in [5, 5.41) is 9.18. The number of hydrogen-bond acceptors (Lipinski definition) is 3. The van der Waals surface area contributed by atoms with Crippen LogP contribution >= 0.6 is 0 Å². The Labute approximate surface area is 108 Å². The van der Waals surface area contributed by atoms with Gasteiger partial charge in [0.2, 0.25) is 5.91 Å². The average molecular weight is 257 g/mol. The summed E-state index contributed by atoms with van der Waals surface area (Å²) >= 11 is 0. The van der Waals surface area contributed by atoms with Gasteiger partial charge in [-0.1, -0.05) is 6.92 Å². The third-order valence-electron chi connectivity index (χ3n) is 3.85. The Morgan fingerprint density at radius 2 is 1.94 bits per heavy atom. The second-order valence-corrected chi connectivity index (χ2v) is 5.38. The molecule has 1 N–H and O–H groups in total. The first-order valence-electron chi connectivity index (χ1n) is 6.36. The highest BCUT2D eigenvalue weighted by molar-refractivity contribution is 5.85. The lowest BCUT2D eigenvalue weighted by atomic mass is 9.94. The molecule has 5 heteroatoms. The van der Waals surface area contributed by atoms with Crippen LogP contribution in [0.1, 0.15) is 26.7 Å². The van der Waals surface area contributed by atoms with Crippen molar-refractivity contribution in [2.75, 3.05) is 20.8 Å². The molecule has 18 heavy (non-hydrogen) atoms. The van der Waals surface area contributed by atoms with E-state index in [0.717, 1.165) is 0 Å². The molecule has 0 aromatic heterocycles. The molecule has 1 aliphatic rings. The summed E-state index contributed by atoms with van der Waals surface area (Å²) in [6.45, 7) is 4.36. The van der Waals surface area contributed by atoms with Crippen LogP contribution in [0.3, 0.4) is 0 Å². The molecule has 1 aliphatic carbocycles. The topological polar surface area (TPSA) is 66.8 Å². The van der Waals surface area contributed by atoms with Gasteiger partial charge in [0.25, 0.3) is 0 Å². The highest BCUT2D eigenvalue weighted by atomic mass is 16.5. The van der Waals surface area contributed by atoms with Crippen LogP contribution in [0.2, 0.25) is 0 Å². The van der Waals surface area contributed by atoms with Crippen LogP contribution in [-0.4, -0.2) is 48.7 Å². The van der Waals surface area contributed by atoms with Crippen molar-refractivity contribution in [1.29, 1.82) is 0 Å². The van der Waals surface area contributed by atoms with E-state index in [1.807, 2.05) is 13.8 Å². The van der Waals surface area contributed by atoms with Crippen LogP contribution in [0, 0.1) is 17.8 Å². The number of ether oxygens (including phenoxy) is 1. The van der Waals surface area contributed by atoms with Crippen molar-refractivity contribution >= 4 is 11.9 Å². The maximum Gasteiger partial charge on any atom is 0.307 e. The van der Waals surface area contributed by atoms with Gasteiger partial charge >= 0.3 is 5.97 Å². The smallest absolute Gasteiger partial charge is 0.307 e. The molecule has 0 bridgehead atoms. The maximum absolute atomic E-state index is 12.3. The molecule has 0 heterocycles.